The Morgan fingerprint density at radius 1 is 1.22 bits per heavy atom. The van der Waals surface area contributed by atoms with Crippen LogP contribution in [0.25, 0.3) is 0 Å². The summed E-state index contributed by atoms with van der Waals surface area (Å²) in [7, 11) is 0. The summed E-state index contributed by atoms with van der Waals surface area (Å²) in [5, 5.41) is 4.89. The Balaban J connectivity index is 1.74. The Kier molecular flexibility index (Phi) is 4.73. The summed E-state index contributed by atoms with van der Waals surface area (Å²) in [6.45, 7) is 1.76. The van der Waals surface area contributed by atoms with E-state index >= 15 is 0 Å². The van der Waals surface area contributed by atoms with Crippen molar-refractivity contribution in [2.24, 2.45) is 0 Å². The maximum atomic E-state index is 13.3. The third kappa shape index (κ3) is 3.43. The van der Waals surface area contributed by atoms with Crippen LogP contribution in [0.3, 0.4) is 0 Å². The molecule has 1 saturated heterocycles. The van der Waals surface area contributed by atoms with E-state index in [1.165, 1.54) is 10.9 Å². The molecule has 3 nitrogen and oxygen atoms in total. The van der Waals surface area contributed by atoms with Crippen LogP contribution in [0.4, 0.5) is 8.78 Å². The predicted octanol–water partition coefficient (Wildman–Crippen LogP) is 3.50. The lowest BCUT2D eigenvalue weighted by Gasteiger charge is -2.36. The van der Waals surface area contributed by atoms with Crippen LogP contribution in [0.15, 0.2) is 35.7 Å². The van der Waals surface area contributed by atoms with Gasteiger partial charge in [0.2, 0.25) is 0 Å². The molecule has 0 bridgehead atoms. The van der Waals surface area contributed by atoms with Gasteiger partial charge in [-0.05, 0) is 42.5 Å². The number of rotatable bonds is 4. The minimum atomic E-state index is -1.02. The number of carbonyl (C=O) groups excluding carboxylic acids is 1. The molecule has 1 N–H and O–H groups in total. The summed E-state index contributed by atoms with van der Waals surface area (Å²) >= 11 is 1.66. The molecule has 0 spiro atoms. The number of halogens is 2. The van der Waals surface area contributed by atoms with E-state index in [1.54, 1.807) is 11.3 Å². The van der Waals surface area contributed by atoms with Gasteiger partial charge in [0, 0.05) is 35.6 Å². The van der Waals surface area contributed by atoms with E-state index in [-0.39, 0.29) is 11.0 Å². The van der Waals surface area contributed by atoms with Gasteiger partial charge in [-0.1, -0.05) is 6.07 Å². The van der Waals surface area contributed by atoms with Gasteiger partial charge in [0.1, 0.15) is 0 Å². The first kappa shape index (κ1) is 16.1. The van der Waals surface area contributed by atoms with Crippen LogP contribution in [-0.4, -0.2) is 25.7 Å². The van der Waals surface area contributed by atoms with Crippen LogP contribution < -0.4 is 5.32 Å². The monoisotopic (exact) mass is 337 g/mol. The molecule has 1 amide bonds. The highest BCUT2D eigenvalue weighted by Gasteiger charge is 2.35. The third-order valence-corrected chi connectivity index (χ3v) is 5.38. The van der Waals surface area contributed by atoms with Crippen LogP contribution in [0.1, 0.15) is 28.1 Å². The Bertz CT molecular complexity index is 682. The zero-order valence-corrected chi connectivity index (χ0v) is 13.3. The lowest BCUT2D eigenvalue weighted by atomic mass is 9.78. The van der Waals surface area contributed by atoms with Crippen molar-refractivity contribution in [2.75, 3.05) is 19.8 Å². The third-order valence-electron chi connectivity index (χ3n) is 4.26. The van der Waals surface area contributed by atoms with Gasteiger partial charge in [-0.15, -0.1) is 11.3 Å². The Labute approximate surface area is 137 Å². The molecule has 0 aliphatic carbocycles. The minimum absolute atomic E-state index is 0.122. The van der Waals surface area contributed by atoms with E-state index in [0.717, 1.165) is 25.0 Å². The zero-order valence-electron chi connectivity index (χ0n) is 12.5. The van der Waals surface area contributed by atoms with Crippen molar-refractivity contribution in [2.45, 2.75) is 18.3 Å². The molecule has 1 aliphatic heterocycles. The summed E-state index contributed by atoms with van der Waals surface area (Å²) in [4.78, 5) is 13.4. The minimum Gasteiger partial charge on any atom is -0.381 e. The summed E-state index contributed by atoms with van der Waals surface area (Å²) in [5.74, 6) is -2.37. The van der Waals surface area contributed by atoms with Gasteiger partial charge in [0.15, 0.2) is 11.6 Å². The second-order valence-corrected chi connectivity index (χ2v) is 6.63. The van der Waals surface area contributed by atoms with Gasteiger partial charge in [-0.25, -0.2) is 8.78 Å². The highest BCUT2D eigenvalue weighted by molar-refractivity contribution is 7.10. The van der Waals surface area contributed by atoms with E-state index in [4.69, 9.17) is 4.74 Å². The molecule has 0 saturated carbocycles. The normalized spacial score (nSPS) is 17.0. The molecular formula is C17H17F2NO2S. The smallest absolute Gasteiger partial charge is 0.251 e. The van der Waals surface area contributed by atoms with E-state index in [0.29, 0.717) is 19.8 Å². The van der Waals surface area contributed by atoms with Crippen molar-refractivity contribution >= 4 is 17.2 Å². The largest absolute Gasteiger partial charge is 0.381 e. The lowest BCUT2D eigenvalue weighted by Crippen LogP contribution is -2.44. The molecule has 23 heavy (non-hydrogen) atoms. The highest BCUT2D eigenvalue weighted by atomic mass is 32.1. The fourth-order valence-corrected chi connectivity index (χ4v) is 3.83. The predicted molar refractivity (Wildman–Crippen MR) is 84.7 cm³/mol. The van der Waals surface area contributed by atoms with Crippen molar-refractivity contribution in [3.63, 3.8) is 0 Å². The summed E-state index contributed by atoms with van der Waals surface area (Å²) < 4.78 is 31.7. The van der Waals surface area contributed by atoms with Gasteiger partial charge >= 0.3 is 0 Å². The average molecular weight is 337 g/mol. The first-order chi connectivity index (χ1) is 11.1. The first-order valence-corrected chi connectivity index (χ1v) is 8.34. The summed E-state index contributed by atoms with van der Waals surface area (Å²) in [6.07, 6.45) is 1.65. The molecule has 1 aromatic carbocycles. The van der Waals surface area contributed by atoms with Gasteiger partial charge in [-0.2, -0.15) is 0 Å². The van der Waals surface area contributed by atoms with Gasteiger partial charge in [-0.3, -0.25) is 4.79 Å². The Morgan fingerprint density at radius 3 is 2.65 bits per heavy atom. The van der Waals surface area contributed by atoms with Crippen LogP contribution in [0.2, 0.25) is 0 Å². The van der Waals surface area contributed by atoms with Gasteiger partial charge < -0.3 is 10.1 Å². The quantitative estimate of drug-likeness (QED) is 0.927. The van der Waals surface area contributed by atoms with E-state index < -0.39 is 17.5 Å². The van der Waals surface area contributed by atoms with Gasteiger partial charge in [0.25, 0.3) is 5.91 Å². The SMILES string of the molecule is O=C(NCC1(c2cccs2)CCOCC1)c1ccc(F)c(F)c1. The zero-order chi connectivity index (χ0) is 16.3. The summed E-state index contributed by atoms with van der Waals surface area (Å²) in [5.41, 5.74) is -0.0296. The molecule has 1 fully saturated rings. The molecule has 1 aliphatic rings. The first-order valence-electron chi connectivity index (χ1n) is 7.46. The maximum Gasteiger partial charge on any atom is 0.251 e. The molecule has 2 aromatic rings. The molecule has 3 rings (SSSR count). The van der Waals surface area contributed by atoms with Crippen LogP contribution in [0, 0.1) is 11.6 Å². The average Bonchev–Trinajstić information content (AvgIpc) is 3.11. The van der Waals surface area contributed by atoms with E-state index in [2.05, 4.69) is 11.4 Å². The molecular weight excluding hydrogens is 320 g/mol. The number of carbonyl (C=O) groups is 1. The number of ether oxygens (including phenoxy) is 1. The van der Waals surface area contributed by atoms with Crippen LogP contribution in [0.5, 0.6) is 0 Å². The standard InChI is InChI=1S/C17H17F2NO2S/c18-13-4-3-12(10-14(13)19)16(21)20-11-17(5-7-22-8-6-17)15-2-1-9-23-15/h1-4,9-10H,5-8,11H2,(H,20,21). The lowest BCUT2D eigenvalue weighted by molar-refractivity contribution is 0.0499. The van der Waals surface area contributed by atoms with Crippen molar-refractivity contribution in [1.82, 2.24) is 5.32 Å². The summed E-state index contributed by atoms with van der Waals surface area (Å²) in [6, 6.07) is 7.24. The number of thiophene rings is 1. The van der Waals surface area contributed by atoms with Crippen molar-refractivity contribution in [3.05, 3.63) is 57.8 Å². The van der Waals surface area contributed by atoms with Crippen molar-refractivity contribution in [1.29, 1.82) is 0 Å². The fourth-order valence-electron chi connectivity index (χ4n) is 2.84. The molecule has 0 atom stereocenters. The van der Waals surface area contributed by atoms with Crippen LogP contribution >= 0.6 is 11.3 Å². The van der Waals surface area contributed by atoms with Crippen molar-refractivity contribution < 1.29 is 18.3 Å². The second-order valence-electron chi connectivity index (χ2n) is 5.68. The molecule has 122 valence electrons. The highest BCUT2D eigenvalue weighted by Crippen LogP contribution is 2.37. The topological polar surface area (TPSA) is 38.3 Å². The number of benzene rings is 1. The van der Waals surface area contributed by atoms with E-state index in [1.807, 2.05) is 11.4 Å². The van der Waals surface area contributed by atoms with Crippen molar-refractivity contribution in [3.8, 4) is 0 Å². The van der Waals surface area contributed by atoms with Gasteiger partial charge in [0.05, 0.1) is 0 Å². The molecule has 6 heteroatoms. The molecule has 1 aromatic heterocycles. The maximum absolute atomic E-state index is 13.3. The Hall–Kier alpha value is -1.79. The van der Waals surface area contributed by atoms with E-state index in [9.17, 15) is 13.6 Å². The fraction of sp³-hybridized carbons (Fsp3) is 0.353. The van der Waals surface area contributed by atoms with Crippen LogP contribution in [-0.2, 0) is 10.2 Å². The number of amides is 1. The number of hydrogen-bond donors (Lipinski definition) is 1. The number of nitrogens with one attached hydrogen (secondary N) is 1. The second kappa shape index (κ2) is 6.76. The molecule has 0 unspecified atom stereocenters. The Morgan fingerprint density at radius 2 is 2.00 bits per heavy atom. The molecule has 2 heterocycles. The number of hydrogen-bond acceptors (Lipinski definition) is 3. The molecule has 0 radical (unpaired) electrons.